The van der Waals surface area contributed by atoms with Crippen molar-refractivity contribution >= 4 is 29.0 Å². The van der Waals surface area contributed by atoms with E-state index in [9.17, 15) is 19.5 Å². The Bertz CT molecular complexity index is 1350. The zero-order chi connectivity index (χ0) is 27.0. The lowest BCUT2D eigenvalue weighted by Gasteiger charge is -2.36. The maximum Gasteiger partial charge on any atom is 0.296 e. The topological polar surface area (TPSA) is 99.6 Å². The molecule has 9 heteroatoms. The second kappa shape index (κ2) is 10.1. The number of carbonyl (C=O) groups excluding carboxylic acids is 3. The van der Waals surface area contributed by atoms with Gasteiger partial charge < -0.3 is 24.4 Å². The summed E-state index contributed by atoms with van der Waals surface area (Å²) in [6.07, 6.45) is 1.63. The highest BCUT2D eigenvalue weighted by Crippen LogP contribution is 2.53. The van der Waals surface area contributed by atoms with Crippen LogP contribution in [-0.4, -0.2) is 85.6 Å². The van der Waals surface area contributed by atoms with Gasteiger partial charge in [-0.1, -0.05) is 30.9 Å². The summed E-state index contributed by atoms with van der Waals surface area (Å²) in [5, 5.41) is 11.6. The Morgan fingerprint density at radius 2 is 1.87 bits per heavy atom. The van der Waals surface area contributed by atoms with E-state index in [4.69, 9.17) is 9.47 Å². The summed E-state index contributed by atoms with van der Waals surface area (Å²) < 4.78 is 11.1. The van der Waals surface area contributed by atoms with Crippen molar-refractivity contribution in [1.29, 1.82) is 0 Å². The van der Waals surface area contributed by atoms with Crippen LogP contribution < -0.4 is 9.64 Å². The third kappa shape index (κ3) is 3.90. The molecule has 0 unspecified atom stereocenters. The van der Waals surface area contributed by atoms with Gasteiger partial charge in [0, 0.05) is 50.0 Å². The van der Waals surface area contributed by atoms with E-state index in [0.29, 0.717) is 62.0 Å². The van der Waals surface area contributed by atoms with Crippen molar-refractivity contribution in [3.63, 3.8) is 0 Å². The molecule has 0 aliphatic carbocycles. The van der Waals surface area contributed by atoms with Gasteiger partial charge in [-0.3, -0.25) is 19.3 Å². The minimum Gasteiger partial charge on any atom is -0.507 e. The Morgan fingerprint density at radius 1 is 1.13 bits per heavy atom. The number of carbonyl (C=O) groups is 3. The molecule has 2 saturated heterocycles. The zero-order valence-corrected chi connectivity index (χ0v) is 21.6. The monoisotopic (exact) mass is 517 g/mol. The first-order valence-corrected chi connectivity index (χ1v) is 12.6. The van der Waals surface area contributed by atoms with Crippen molar-refractivity contribution in [3.05, 3.63) is 77.4 Å². The van der Waals surface area contributed by atoms with Crippen LogP contribution in [0.15, 0.2) is 60.7 Å². The van der Waals surface area contributed by atoms with Crippen LogP contribution >= 0.6 is 0 Å². The Kier molecular flexibility index (Phi) is 6.81. The summed E-state index contributed by atoms with van der Waals surface area (Å²) >= 11 is 0. The van der Waals surface area contributed by atoms with E-state index >= 15 is 0 Å². The van der Waals surface area contributed by atoms with Gasteiger partial charge in [-0.05, 0) is 36.8 Å². The number of aliphatic hydroxyl groups excluding tert-OH is 1. The van der Waals surface area contributed by atoms with Crippen LogP contribution in [0.25, 0.3) is 5.76 Å². The number of fused-ring (bicyclic) bond motifs is 2. The summed E-state index contributed by atoms with van der Waals surface area (Å²) in [4.78, 5) is 46.2. The second-order valence-corrected chi connectivity index (χ2v) is 9.64. The molecule has 5 rings (SSSR count). The first kappa shape index (κ1) is 25.7. The number of likely N-dealkylation sites (N-methyl/N-ethyl adjacent to an activating group) is 1. The average molecular weight is 518 g/mol. The lowest BCUT2D eigenvalue weighted by atomic mass is 9.81. The summed E-state index contributed by atoms with van der Waals surface area (Å²) in [6, 6.07) is 12.1. The first-order valence-electron chi connectivity index (χ1n) is 12.6. The third-order valence-electron chi connectivity index (χ3n) is 7.49. The fraction of sp³-hybridized carbons (Fsp3) is 0.345. The SMILES string of the molecule is C=CCOc1ccc(C(O)=C2C(=O)C(=O)N(CCN3CCOCC3)[C@@]23C(=O)N(C)c2ccccc23)cc1C. The number of Topliss-reactive ketones (excluding diaryl/α,β-unsaturated/α-hetero) is 1. The quantitative estimate of drug-likeness (QED) is 0.261. The second-order valence-electron chi connectivity index (χ2n) is 9.64. The van der Waals surface area contributed by atoms with E-state index in [1.165, 1.54) is 9.80 Å². The maximum atomic E-state index is 14.1. The van der Waals surface area contributed by atoms with Crippen molar-refractivity contribution in [2.75, 3.05) is 57.9 Å². The minimum absolute atomic E-state index is 0.141. The molecule has 1 N–H and O–H groups in total. The molecule has 2 aromatic carbocycles. The fourth-order valence-corrected chi connectivity index (χ4v) is 5.59. The summed E-state index contributed by atoms with van der Waals surface area (Å²) in [7, 11) is 1.62. The van der Waals surface area contributed by atoms with Crippen molar-refractivity contribution in [2.45, 2.75) is 12.5 Å². The third-order valence-corrected chi connectivity index (χ3v) is 7.49. The van der Waals surface area contributed by atoms with Gasteiger partial charge in [0.1, 0.15) is 18.1 Å². The number of nitrogens with zero attached hydrogens (tertiary/aromatic N) is 3. The van der Waals surface area contributed by atoms with Crippen LogP contribution in [0, 0.1) is 6.92 Å². The summed E-state index contributed by atoms with van der Waals surface area (Å²) in [5.74, 6) is -1.93. The van der Waals surface area contributed by atoms with Crippen LogP contribution in [0.5, 0.6) is 5.75 Å². The number of ketones is 1. The van der Waals surface area contributed by atoms with Gasteiger partial charge in [-0.25, -0.2) is 0 Å². The number of aliphatic hydroxyl groups is 1. The molecule has 1 spiro atoms. The highest BCUT2D eigenvalue weighted by atomic mass is 16.5. The molecule has 2 aromatic rings. The molecule has 9 nitrogen and oxygen atoms in total. The minimum atomic E-state index is -1.76. The maximum absolute atomic E-state index is 14.1. The molecule has 3 aliphatic heterocycles. The number of anilines is 1. The predicted molar refractivity (Wildman–Crippen MR) is 142 cm³/mol. The van der Waals surface area contributed by atoms with E-state index in [0.717, 1.165) is 5.56 Å². The highest BCUT2D eigenvalue weighted by Gasteiger charge is 2.66. The molecule has 198 valence electrons. The molecule has 2 fully saturated rings. The number of benzene rings is 2. The van der Waals surface area contributed by atoms with Gasteiger partial charge in [-0.15, -0.1) is 0 Å². The van der Waals surface area contributed by atoms with E-state index in [1.807, 2.05) is 6.92 Å². The fourth-order valence-electron chi connectivity index (χ4n) is 5.59. The number of aryl methyl sites for hydroxylation is 1. The first-order chi connectivity index (χ1) is 18.3. The molecule has 0 aromatic heterocycles. The Morgan fingerprint density at radius 3 is 2.58 bits per heavy atom. The van der Waals surface area contributed by atoms with Gasteiger partial charge in [0.25, 0.3) is 17.6 Å². The number of hydrogen-bond acceptors (Lipinski definition) is 7. The molecular formula is C29H31N3O6. The lowest BCUT2D eigenvalue weighted by Crippen LogP contribution is -2.53. The largest absolute Gasteiger partial charge is 0.507 e. The van der Waals surface area contributed by atoms with Crippen LogP contribution in [0.1, 0.15) is 16.7 Å². The van der Waals surface area contributed by atoms with E-state index in [1.54, 1.807) is 55.6 Å². The van der Waals surface area contributed by atoms with E-state index in [-0.39, 0.29) is 12.1 Å². The van der Waals surface area contributed by atoms with Gasteiger partial charge in [0.15, 0.2) is 5.54 Å². The molecule has 38 heavy (non-hydrogen) atoms. The normalized spacial score (nSPS) is 22.8. The molecule has 0 saturated carbocycles. The molecule has 2 amide bonds. The number of hydrogen-bond donors (Lipinski definition) is 1. The van der Waals surface area contributed by atoms with Crippen LogP contribution in [0.2, 0.25) is 0 Å². The van der Waals surface area contributed by atoms with Crippen LogP contribution in [0.3, 0.4) is 0 Å². The highest BCUT2D eigenvalue weighted by molar-refractivity contribution is 6.50. The van der Waals surface area contributed by atoms with E-state index in [2.05, 4.69) is 11.5 Å². The number of likely N-dealkylation sites (tertiary alicyclic amines) is 1. The molecular weight excluding hydrogens is 486 g/mol. The average Bonchev–Trinajstić information content (AvgIpc) is 3.29. The van der Waals surface area contributed by atoms with Crippen molar-refractivity contribution in [1.82, 2.24) is 9.80 Å². The summed E-state index contributed by atoms with van der Waals surface area (Å²) in [6.45, 7) is 8.95. The lowest BCUT2D eigenvalue weighted by molar-refractivity contribution is -0.144. The Labute approximate surface area is 221 Å². The summed E-state index contributed by atoms with van der Waals surface area (Å²) in [5.41, 5.74) is 0.150. The number of amides is 2. The molecule has 0 radical (unpaired) electrons. The Hall–Kier alpha value is -3.95. The smallest absolute Gasteiger partial charge is 0.296 e. The van der Waals surface area contributed by atoms with Gasteiger partial charge in [0.2, 0.25) is 0 Å². The van der Waals surface area contributed by atoms with Gasteiger partial charge in [-0.2, -0.15) is 0 Å². The number of morpholine rings is 1. The standard InChI is InChI=1S/C29H31N3O6/c1-4-15-38-23-10-9-20(18-19(23)2)25(33)24-26(34)27(35)32(12-11-31-13-16-37-17-14-31)29(24)21-7-5-6-8-22(21)30(3)28(29)36/h4-10,18,33H,1,11-17H2,2-3H3/t29-/m1/s1. The molecule has 3 aliphatic rings. The van der Waals surface area contributed by atoms with Gasteiger partial charge in [0.05, 0.1) is 18.8 Å². The van der Waals surface area contributed by atoms with Gasteiger partial charge >= 0.3 is 0 Å². The van der Waals surface area contributed by atoms with E-state index < -0.39 is 28.9 Å². The number of para-hydroxylation sites is 1. The molecule has 1 atom stereocenters. The Balaban J connectivity index is 1.66. The predicted octanol–water partition coefficient (Wildman–Crippen LogP) is 2.44. The number of rotatable bonds is 7. The molecule has 3 heterocycles. The zero-order valence-electron chi connectivity index (χ0n) is 21.6. The molecule has 0 bridgehead atoms. The van der Waals surface area contributed by atoms with Crippen LogP contribution in [0.4, 0.5) is 5.69 Å². The van der Waals surface area contributed by atoms with Crippen molar-refractivity contribution < 1.29 is 29.0 Å². The van der Waals surface area contributed by atoms with Crippen molar-refractivity contribution in [2.24, 2.45) is 0 Å². The van der Waals surface area contributed by atoms with Crippen LogP contribution in [-0.2, 0) is 24.7 Å². The van der Waals surface area contributed by atoms with Crippen molar-refractivity contribution in [3.8, 4) is 5.75 Å². The number of ether oxygens (including phenoxy) is 2.